The Bertz CT molecular complexity index is 3760. The van der Waals surface area contributed by atoms with E-state index in [0.717, 1.165) is 66.5 Å². The van der Waals surface area contributed by atoms with Crippen LogP contribution in [0.4, 0.5) is 17.1 Å². The molecule has 0 N–H and O–H groups in total. The van der Waals surface area contributed by atoms with E-state index in [2.05, 4.69) is 266 Å². The molecule has 13 rings (SSSR count). The number of hydrogen-bond acceptors (Lipinski definition) is 2. The second kappa shape index (κ2) is 15.8. The number of furan rings is 1. The van der Waals surface area contributed by atoms with Crippen LogP contribution in [0.25, 0.3) is 77.2 Å². The maximum absolute atomic E-state index is 6.97. The van der Waals surface area contributed by atoms with E-state index < -0.39 is 5.41 Å². The van der Waals surface area contributed by atoms with Crippen molar-refractivity contribution in [3.63, 3.8) is 0 Å². The van der Waals surface area contributed by atoms with E-state index in [0.29, 0.717) is 0 Å². The van der Waals surface area contributed by atoms with E-state index in [1.54, 1.807) is 0 Å². The monoisotopic (exact) mass is 853 g/mol. The third-order valence-corrected chi connectivity index (χ3v) is 13.9. The molecule has 11 aromatic carbocycles. The van der Waals surface area contributed by atoms with Gasteiger partial charge in [-0.25, -0.2) is 0 Å². The summed E-state index contributed by atoms with van der Waals surface area (Å²) in [7, 11) is 0. The van der Waals surface area contributed by atoms with Crippen LogP contribution in [0.1, 0.15) is 22.3 Å². The lowest BCUT2D eigenvalue weighted by atomic mass is 9.67. The standard InChI is InChI=1S/C65H43NO/c1-5-20-44(21-6-1)46-24-17-26-48(40-46)53-35-19-37-62-63(53)58-43-61(56-33-13-14-34-57(56)64(58)67-62)66(51-31-18-25-47(41-51)45-22-7-2-8-23-45)52-38-39-55-54-32-15-16-36-59(54)65(60(55)42-52,49-27-9-3-10-28-49)50-29-11-4-12-30-50/h1-43H. The van der Waals surface area contributed by atoms with Crippen LogP contribution >= 0.6 is 0 Å². The minimum Gasteiger partial charge on any atom is -0.455 e. The summed E-state index contributed by atoms with van der Waals surface area (Å²) < 4.78 is 6.97. The smallest absolute Gasteiger partial charge is 0.143 e. The highest BCUT2D eigenvalue weighted by Gasteiger charge is 2.46. The fraction of sp³-hybridized carbons (Fsp3) is 0.0154. The second-order valence-corrected chi connectivity index (χ2v) is 17.6. The van der Waals surface area contributed by atoms with Gasteiger partial charge in [-0.15, -0.1) is 0 Å². The van der Waals surface area contributed by atoms with Gasteiger partial charge in [0.2, 0.25) is 0 Å². The Morgan fingerprint density at radius 3 is 1.55 bits per heavy atom. The van der Waals surface area contributed by atoms with Crippen molar-refractivity contribution in [2.45, 2.75) is 5.41 Å². The summed E-state index contributed by atoms with van der Waals surface area (Å²) in [5.41, 5.74) is 18.9. The molecule has 1 aliphatic carbocycles. The molecule has 0 unspecified atom stereocenters. The van der Waals surface area contributed by atoms with Crippen molar-refractivity contribution in [2.24, 2.45) is 0 Å². The van der Waals surface area contributed by atoms with Gasteiger partial charge in [0.05, 0.1) is 11.1 Å². The van der Waals surface area contributed by atoms with E-state index >= 15 is 0 Å². The molecule has 0 atom stereocenters. The molecule has 0 saturated carbocycles. The third kappa shape index (κ3) is 6.18. The molecule has 0 spiro atoms. The highest BCUT2D eigenvalue weighted by molar-refractivity contribution is 6.22. The molecule has 67 heavy (non-hydrogen) atoms. The Labute approximate surface area is 390 Å². The zero-order chi connectivity index (χ0) is 44.3. The molecular weight excluding hydrogens is 811 g/mol. The predicted molar refractivity (Wildman–Crippen MR) is 280 cm³/mol. The average molecular weight is 854 g/mol. The Morgan fingerprint density at radius 1 is 0.313 bits per heavy atom. The van der Waals surface area contributed by atoms with Gasteiger partial charge in [0.15, 0.2) is 0 Å². The number of rotatable bonds is 8. The molecule has 1 aromatic heterocycles. The second-order valence-electron chi connectivity index (χ2n) is 17.6. The van der Waals surface area contributed by atoms with Crippen LogP contribution in [-0.2, 0) is 5.41 Å². The lowest BCUT2D eigenvalue weighted by Crippen LogP contribution is -2.28. The first-order valence-electron chi connectivity index (χ1n) is 23.1. The maximum atomic E-state index is 6.97. The third-order valence-electron chi connectivity index (χ3n) is 13.9. The topological polar surface area (TPSA) is 16.4 Å². The van der Waals surface area contributed by atoms with E-state index in [4.69, 9.17) is 4.42 Å². The lowest BCUT2D eigenvalue weighted by Gasteiger charge is -2.35. The Hall–Kier alpha value is -8.72. The quantitative estimate of drug-likeness (QED) is 0.151. The molecule has 0 amide bonds. The molecule has 1 heterocycles. The number of benzene rings is 11. The summed E-state index contributed by atoms with van der Waals surface area (Å²) in [6, 6.07) is 95.0. The lowest BCUT2D eigenvalue weighted by molar-refractivity contribution is 0.673. The summed E-state index contributed by atoms with van der Waals surface area (Å²) in [5, 5.41) is 4.35. The molecule has 2 heteroatoms. The van der Waals surface area contributed by atoms with Crippen LogP contribution in [0.15, 0.2) is 265 Å². The van der Waals surface area contributed by atoms with Crippen molar-refractivity contribution in [3.05, 3.63) is 283 Å². The normalized spacial score (nSPS) is 12.6. The highest BCUT2D eigenvalue weighted by Crippen LogP contribution is 2.58. The number of hydrogen-bond donors (Lipinski definition) is 0. The summed E-state index contributed by atoms with van der Waals surface area (Å²) >= 11 is 0. The zero-order valence-electron chi connectivity index (χ0n) is 36.7. The minimum absolute atomic E-state index is 0.558. The van der Waals surface area contributed by atoms with Gasteiger partial charge in [0.25, 0.3) is 0 Å². The van der Waals surface area contributed by atoms with Crippen molar-refractivity contribution >= 4 is 49.8 Å². The van der Waals surface area contributed by atoms with Crippen LogP contribution in [-0.4, -0.2) is 0 Å². The first-order valence-corrected chi connectivity index (χ1v) is 23.1. The molecule has 2 nitrogen and oxygen atoms in total. The molecular formula is C65H43NO. The number of nitrogens with zero attached hydrogens (tertiary/aromatic N) is 1. The van der Waals surface area contributed by atoms with Gasteiger partial charge in [-0.05, 0) is 109 Å². The van der Waals surface area contributed by atoms with Gasteiger partial charge in [-0.3, -0.25) is 0 Å². The Morgan fingerprint density at radius 2 is 0.836 bits per heavy atom. The average Bonchev–Trinajstić information content (AvgIpc) is 3.94. The van der Waals surface area contributed by atoms with E-state index in [-0.39, 0.29) is 0 Å². The summed E-state index contributed by atoms with van der Waals surface area (Å²) in [4.78, 5) is 2.48. The molecule has 0 fully saturated rings. The minimum atomic E-state index is -0.558. The summed E-state index contributed by atoms with van der Waals surface area (Å²) in [6.45, 7) is 0. The van der Waals surface area contributed by atoms with Gasteiger partial charge >= 0.3 is 0 Å². The van der Waals surface area contributed by atoms with E-state index in [1.165, 1.54) is 50.1 Å². The van der Waals surface area contributed by atoms with Crippen molar-refractivity contribution < 1.29 is 4.42 Å². The van der Waals surface area contributed by atoms with Crippen LogP contribution in [0.2, 0.25) is 0 Å². The van der Waals surface area contributed by atoms with Crippen LogP contribution in [0.5, 0.6) is 0 Å². The van der Waals surface area contributed by atoms with Gasteiger partial charge in [-0.2, -0.15) is 0 Å². The van der Waals surface area contributed by atoms with Gasteiger partial charge in [0, 0.05) is 32.9 Å². The maximum Gasteiger partial charge on any atom is 0.143 e. The fourth-order valence-electron chi connectivity index (χ4n) is 11.0. The first kappa shape index (κ1) is 38.7. The molecule has 1 aliphatic rings. The molecule has 314 valence electrons. The van der Waals surface area contributed by atoms with Gasteiger partial charge in [-0.1, -0.05) is 218 Å². The van der Waals surface area contributed by atoms with Crippen molar-refractivity contribution in [3.8, 4) is 44.5 Å². The molecule has 0 radical (unpaired) electrons. The van der Waals surface area contributed by atoms with E-state index in [1.807, 2.05) is 0 Å². The fourth-order valence-corrected chi connectivity index (χ4v) is 11.0. The molecule has 0 aliphatic heterocycles. The number of fused-ring (bicyclic) bond motifs is 8. The van der Waals surface area contributed by atoms with Gasteiger partial charge < -0.3 is 9.32 Å². The van der Waals surface area contributed by atoms with Crippen molar-refractivity contribution in [2.75, 3.05) is 4.90 Å². The first-order chi connectivity index (χ1) is 33.2. The van der Waals surface area contributed by atoms with Crippen molar-refractivity contribution in [1.29, 1.82) is 0 Å². The summed E-state index contributed by atoms with van der Waals surface area (Å²) in [5.74, 6) is 0. The highest BCUT2D eigenvalue weighted by atomic mass is 16.3. The molecule has 0 saturated heterocycles. The SMILES string of the molecule is c1ccc(-c2cccc(-c3cccc4oc5c6ccccc6c(N(c6cccc(-c7ccccc7)c6)c6ccc7c(c6)C(c6ccccc6)(c6ccccc6)c6ccccc6-7)cc5c34)c2)cc1. The van der Waals surface area contributed by atoms with Crippen molar-refractivity contribution in [1.82, 2.24) is 0 Å². The largest absolute Gasteiger partial charge is 0.455 e. The van der Waals surface area contributed by atoms with Crippen LogP contribution in [0.3, 0.4) is 0 Å². The molecule has 12 aromatic rings. The number of anilines is 3. The Kier molecular flexibility index (Phi) is 9.11. The Balaban J connectivity index is 1.10. The summed E-state index contributed by atoms with van der Waals surface area (Å²) in [6.07, 6.45) is 0. The van der Waals surface area contributed by atoms with E-state index in [9.17, 15) is 0 Å². The zero-order valence-corrected chi connectivity index (χ0v) is 36.7. The predicted octanol–water partition coefficient (Wildman–Crippen LogP) is 17.6. The molecule has 0 bridgehead atoms. The van der Waals surface area contributed by atoms with Gasteiger partial charge in [0.1, 0.15) is 11.2 Å². The van der Waals surface area contributed by atoms with Crippen LogP contribution in [0, 0.1) is 0 Å². The van der Waals surface area contributed by atoms with Crippen LogP contribution < -0.4 is 4.90 Å².